The predicted octanol–water partition coefficient (Wildman–Crippen LogP) is 3.52. The minimum atomic E-state index is -0.108. The maximum absolute atomic E-state index is 11.9. The van der Waals surface area contributed by atoms with Gasteiger partial charge in [0.2, 0.25) is 0 Å². The number of nitrogens with one attached hydrogen (secondary N) is 2. The van der Waals surface area contributed by atoms with Crippen LogP contribution in [0.2, 0.25) is 0 Å². The molecule has 4 nitrogen and oxygen atoms in total. The molecule has 2 rings (SSSR count). The fourth-order valence-corrected chi connectivity index (χ4v) is 2.73. The van der Waals surface area contributed by atoms with Gasteiger partial charge in [0.1, 0.15) is 0 Å². The van der Waals surface area contributed by atoms with Gasteiger partial charge < -0.3 is 15.4 Å². The number of amides is 2. The van der Waals surface area contributed by atoms with Crippen molar-refractivity contribution < 1.29 is 9.53 Å². The van der Waals surface area contributed by atoms with E-state index in [0.29, 0.717) is 19.7 Å². The minimum absolute atomic E-state index is 0.108. The number of methoxy groups -OCH3 is 1. The van der Waals surface area contributed by atoms with Crippen LogP contribution in [-0.4, -0.2) is 19.7 Å². The van der Waals surface area contributed by atoms with Crippen molar-refractivity contribution in [3.05, 3.63) is 47.0 Å². The average molecular weight is 302 g/mol. The molecular weight excluding hydrogens is 276 g/mol. The Morgan fingerprint density at radius 3 is 2.73 bits per heavy atom. The van der Waals surface area contributed by atoms with Gasteiger partial charge in [-0.05, 0) is 43.2 Å². The van der Waals surface area contributed by atoms with Gasteiger partial charge in [-0.15, -0.1) is 0 Å². The lowest BCUT2D eigenvalue weighted by molar-refractivity contribution is 0.184. The number of carbonyl (C=O) groups excluding carboxylic acids is 1. The van der Waals surface area contributed by atoms with Crippen molar-refractivity contribution in [2.24, 2.45) is 0 Å². The molecule has 0 radical (unpaired) electrons. The number of hydrogen-bond donors (Lipinski definition) is 2. The molecule has 4 heteroatoms. The van der Waals surface area contributed by atoms with Gasteiger partial charge in [-0.2, -0.15) is 0 Å². The predicted molar refractivity (Wildman–Crippen MR) is 88.6 cm³/mol. The SMILES string of the molecule is COCc1ccccc1CNC(=O)NCCC1=CCCCC1. The molecule has 1 aromatic rings. The fraction of sp³-hybridized carbons (Fsp3) is 0.500. The fourth-order valence-electron chi connectivity index (χ4n) is 2.73. The highest BCUT2D eigenvalue weighted by molar-refractivity contribution is 5.73. The zero-order chi connectivity index (χ0) is 15.6. The first-order valence-corrected chi connectivity index (χ1v) is 8.05. The second kappa shape index (κ2) is 9.26. The summed E-state index contributed by atoms with van der Waals surface area (Å²) in [5, 5.41) is 5.84. The molecule has 0 spiro atoms. The zero-order valence-corrected chi connectivity index (χ0v) is 13.4. The third kappa shape index (κ3) is 5.53. The van der Waals surface area contributed by atoms with Gasteiger partial charge in [-0.3, -0.25) is 0 Å². The quantitative estimate of drug-likeness (QED) is 0.757. The van der Waals surface area contributed by atoms with Crippen LogP contribution >= 0.6 is 0 Å². The molecule has 0 aromatic heterocycles. The highest BCUT2D eigenvalue weighted by atomic mass is 16.5. The van der Waals surface area contributed by atoms with Crippen LogP contribution in [0.25, 0.3) is 0 Å². The van der Waals surface area contributed by atoms with Crippen LogP contribution in [0.3, 0.4) is 0 Å². The Morgan fingerprint density at radius 2 is 2.00 bits per heavy atom. The van der Waals surface area contributed by atoms with Gasteiger partial charge in [0.15, 0.2) is 0 Å². The van der Waals surface area contributed by atoms with Crippen molar-refractivity contribution in [3.63, 3.8) is 0 Å². The highest BCUT2D eigenvalue weighted by Gasteiger charge is 2.06. The Bertz CT molecular complexity index is 512. The zero-order valence-electron chi connectivity index (χ0n) is 13.4. The third-order valence-corrected chi connectivity index (χ3v) is 3.97. The van der Waals surface area contributed by atoms with Gasteiger partial charge in [0.25, 0.3) is 0 Å². The van der Waals surface area contributed by atoms with Gasteiger partial charge in [0, 0.05) is 20.2 Å². The van der Waals surface area contributed by atoms with Gasteiger partial charge in [0.05, 0.1) is 6.61 Å². The molecular formula is C18H26N2O2. The lowest BCUT2D eigenvalue weighted by Gasteiger charge is -2.14. The van der Waals surface area contributed by atoms with Crippen LogP contribution in [0, 0.1) is 0 Å². The number of benzene rings is 1. The number of allylic oxidation sites excluding steroid dienone is 1. The van der Waals surface area contributed by atoms with Crippen LogP contribution < -0.4 is 10.6 Å². The normalized spacial score (nSPS) is 14.3. The smallest absolute Gasteiger partial charge is 0.315 e. The second-order valence-electron chi connectivity index (χ2n) is 5.67. The standard InChI is InChI=1S/C18H26N2O2/c1-22-14-17-10-6-5-9-16(17)13-20-18(21)19-12-11-15-7-3-2-4-8-15/h5-7,9-10H,2-4,8,11-14H2,1H3,(H2,19,20,21). The van der Waals surface area contributed by atoms with E-state index in [9.17, 15) is 4.79 Å². The topological polar surface area (TPSA) is 50.4 Å². The molecule has 2 N–H and O–H groups in total. The lowest BCUT2D eigenvalue weighted by atomic mass is 9.97. The van der Waals surface area contributed by atoms with E-state index in [1.54, 1.807) is 7.11 Å². The summed E-state index contributed by atoms with van der Waals surface area (Å²) >= 11 is 0. The van der Waals surface area contributed by atoms with Crippen molar-refractivity contribution >= 4 is 6.03 Å². The molecule has 22 heavy (non-hydrogen) atoms. The highest BCUT2D eigenvalue weighted by Crippen LogP contribution is 2.19. The maximum Gasteiger partial charge on any atom is 0.315 e. The maximum atomic E-state index is 11.9. The molecule has 1 aliphatic rings. The molecule has 120 valence electrons. The van der Waals surface area contributed by atoms with Crippen molar-refractivity contribution in [1.82, 2.24) is 10.6 Å². The van der Waals surface area contributed by atoms with E-state index in [1.165, 1.54) is 31.3 Å². The molecule has 0 fully saturated rings. The van der Waals surface area contributed by atoms with Crippen molar-refractivity contribution in [2.45, 2.75) is 45.3 Å². The third-order valence-electron chi connectivity index (χ3n) is 3.97. The summed E-state index contributed by atoms with van der Waals surface area (Å²) in [5.41, 5.74) is 3.68. The minimum Gasteiger partial charge on any atom is -0.380 e. The van der Waals surface area contributed by atoms with Crippen LogP contribution in [0.5, 0.6) is 0 Å². The Hall–Kier alpha value is -1.81. The molecule has 0 atom stereocenters. The average Bonchev–Trinajstić information content (AvgIpc) is 2.55. The summed E-state index contributed by atoms with van der Waals surface area (Å²) in [7, 11) is 1.68. The molecule has 0 aliphatic heterocycles. The van der Waals surface area contributed by atoms with E-state index in [1.807, 2.05) is 24.3 Å². The van der Waals surface area contributed by atoms with Crippen LogP contribution in [-0.2, 0) is 17.9 Å². The summed E-state index contributed by atoms with van der Waals surface area (Å²) in [6.45, 7) is 1.79. The monoisotopic (exact) mass is 302 g/mol. The van der Waals surface area contributed by atoms with E-state index in [0.717, 1.165) is 17.5 Å². The largest absolute Gasteiger partial charge is 0.380 e. The molecule has 0 heterocycles. The molecule has 0 unspecified atom stereocenters. The number of hydrogen-bond acceptors (Lipinski definition) is 2. The van der Waals surface area contributed by atoms with Gasteiger partial charge in [-0.1, -0.05) is 35.9 Å². The molecule has 0 saturated carbocycles. The van der Waals surface area contributed by atoms with Crippen LogP contribution in [0.1, 0.15) is 43.2 Å². The van der Waals surface area contributed by atoms with E-state index in [4.69, 9.17) is 4.74 Å². The first kappa shape index (κ1) is 16.6. The summed E-state index contributed by atoms with van der Waals surface area (Å²) < 4.78 is 5.17. The van der Waals surface area contributed by atoms with Gasteiger partial charge >= 0.3 is 6.03 Å². The number of ether oxygens (including phenoxy) is 1. The summed E-state index contributed by atoms with van der Waals surface area (Å²) in [6, 6.07) is 7.89. The van der Waals surface area contributed by atoms with Crippen molar-refractivity contribution in [1.29, 1.82) is 0 Å². The summed E-state index contributed by atoms with van der Waals surface area (Å²) in [5.74, 6) is 0. The molecule has 1 aliphatic carbocycles. The Balaban J connectivity index is 1.70. The van der Waals surface area contributed by atoms with Crippen molar-refractivity contribution in [2.75, 3.05) is 13.7 Å². The first-order valence-electron chi connectivity index (χ1n) is 8.05. The summed E-state index contributed by atoms with van der Waals surface area (Å²) in [4.78, 5) is 11.9. The molecule has 2 amide bonds. The van der Waals surface area contributed by atoms with Crippen LogP contribution in [0.15, 0.2) is 35.9 Å². The van der Waals surface area contributed by atoms with Crippen molar-refractivity contribution in [3.8, 4) is 0 Å². The number of carbonyl (C=O) groups is 1. The van der Waals surface area contributed by atoms with Crippen LogP contribution in [0.4, 0.5) is 4.79 Å². The lowest BCUT2D eigenvalue weighted by Crippen LogP contribution is -2.35. The van der Waals surface area contributed by atoms with Gasteiger partial charge in [-0.25, -0.2) is 4.79 Å². The molecule has 1 aromatic carbocycles. The Morgan fingerprint density at radius 1 is 1.18 bits per heavy atom. The number of rotatable bonds is 7. The van der Waals surface area contributed by atoms with E-state index < -0.39 is 0 Å². The van der Waals surface area contributed by atoms with E-state index in [-0.39, 0.29) is 6.03 Å². The molecule has 0 bridgehead atoms. The molecule has 0 saturated heterocycles. The Kier molecular flexibility index (Phi) is 6.97. The summed E-state index contributed by atoms with van der Waals surface area (Å²) in [6.07, 6.45) is 8.26. The van der Waals surface area contributed by atoms with E-state index in [2.05, 4.69) is 16.7 Å². The Labute approximate surface area is 132 Å². The first-order chi connectivity index (χ1) is 10.8. The van der Waals surface area contributed by atoms with E-state index >= 15 is 0 Å². The number of urea groups is 1. The second-order valence-corrected chi connectivity index (χ2v) is 5.67.